The van der Waals surface area contributed by atoms with Gasteiger partial charge in [-0.15, -0.1) is 0 Å². The van der Waals surface area contributed by atoms with Crippen molar-refractivity contribution in [1.82, 2.24) is 9.88 Å². The zero-order chi connectivity index (χ0) is 12.3. The van der Waals surface area contributed by atoms with Crippen molar-refractivity contribution in [2.75, 3.05) is 13.6 Å². The molecule has 4 heteroatoms. The Morgan fingerprint density at radius 2 is 2.24 bits per heavy atom. The van der Waals surface area contributed by atoms with Gasteiger partial charge in [-0.05, 0) is 46.8 Å². The highest BCUT2D eigenvalue weighted by Gasteiger charge is 2.20. The second-order valence-electron chi connectivity index (χ2n) is 4.70. The number of pyridine rings is 1. The summed E-state index contributed by atoms with van der Waals surface area (Å²) < 4.78 is 0.706. The van der Waals surface area contributed by atoms with Gasteiger partial charge >= 0.3 is 0 Å². The zero-order valence-corrected chi connectivity index (χ0v) is 11.6. The molecule has 1 aliphatic rings. The van der Waals surface area contributed by atoms with E-state index in [4.69, 9.17) is 0 Å². The minimum atomic E-state index is 0.0833. The molecular formula is C13H17BrN2O. The number of halogens is 1. The van der Waals surface area contributed by atoms with Crippen molar-refractivity contribution < 1.29 is 4.79 Å². The lowest BCUT2D eigenvalue weighted by atomic mass is 10.1. The van der Waals surface area contributed by atoms with E-state index in [0.29, 0.717) is 16.1 Å². The average molecular weight is 297 g/mol. The van der Waals surface area contributed by atoms with E-state index in [1.54, 1.807) is 18.3 Å². The van der Waals surface area contributed by atoms with Crippen molar-refractivity contribution in [3.8, 4) is 0 Å². The Bertz CT molecular complexity index is 402. The van der Waals surface area contributed by atoms with Gasteiger partial charge in [-0.25, -0.2) is 4.98 Å². The molecule has 2 rings (SSSR count). The Kier molecular flexibility index (Phi) is 4.15. The highest BCUT2D eigenvalue weighted by atomic mass is 79.9. The van der Waals surface area contributed by atoms with Crippen LogP contribution in [-0.2, 0) is 0 Å². The SMILES string of the molecule is CN(CC1CCCC1)C(=O)c1ccnc(Br)c1. The molecule has 1 aromatic heterocycles. The van der Waals surface area contributed by atoms with E-state index in [-0.39, 0.29) is 5.91 Å². The lowest BCUT2D eigenvalue weighted by molar-refractivity contribution is 0.0773. The second-order valence-corrected chi connectivity index (χ2v) is 5.52. The summed E-state index contributed by atoms with van der Waals surface area (Å²) in [6.45, 7) is 0.874. The van der Waals surface area contributed by atoms with Gasteiger partial charge in [-0.2, -0.15) is 0 Å². The van der Waals surface area contributed by atoms with Gasteiger partial charge in [-0.3, -0.25) is 4.79 Å². The molecule has 0 radical (unpaired) electrons. The minimum Gasteiger partial charge on any atom is -0.341 e. The molecule has 1 aliphatic carbocycles. The average Bonchev–Trinajstić information content (AvgIpc) is 2.80. The number of hydrogen-bond acceptors (Lipinski definition) is 2. The maximum atomic E-state index is 12.2. The molecule has 1 fully saturated rings. The van der Waals surface area contributed by atoms with Gasteiger partial charge in [-0.1, -0.05) is 12.8 Å². The summed E-state index contributed by atoms with van der Waals surface area (Å²) in [4.78, 5) is 18.0. The molecule has 1 amide bonds. The van der Waals surface area contributed by atoms with Crippen LogP contribution in [0.2, 0.25) is 0 Å². The largest absolute Gasteiger partial charge is 0.341 e. The highest BCUT2D eigenvalue weighted by molar-refractivity contribution is 9.10. The number of nitrogens with zero attached hydrogens (tertiary/aromatic N) is 2. The van der Waals surface area contributed by atoms with Crippen molar-refractivity contribution >= 4 is 21.8 Å². The first-order valence-corrected chi connectivity index (χ1v) is 6.83. The molecule has 17 heavy (non-hydrogen) atoms. The van der Waals surface area contributed by atoms with Crippen LogP contribution in [0.1, 0.15) is 36.0 Å². The van der Waals surface area contributed by atoms with Crippen molar-refractivity contribution in [2.45, 2.75) is 25.7 Å². The Morgan fingerprint density at radius 1 is 1.53 bits per heavy atom. The quantitative estimate of drug-likeness (QED) is 0.803. The van der Waals surface area contributed by atoms with Crippen LogP contribution in [0.25, 0.3) is 0 Å². The molecule has 1 heterocycles. The molecule has 0 atom stereocenters. The maximum absolute atomic E-state index is 12.2. The third kappa shape index (κ3) is 3.28. The topological polar surface area (TPSA) is 33.2 Å². The molecule has 3 nitrogen and oxygen atoms in total. The zero-order valence-electron chi connectivity index (χ0n) is 10.0. The summed E-state index contributed by atoms with van der Waals surface area (Å²) in [5.41, 5.74) is 0.701. The van der Waals surface area contributed by atoms with Crippen LogP contribution in [0.5, 0.6) is 0 Å². The number of carbonyl (C=O) groups excluding carboxylic acids is 1. The van der Waals surface area contributed by atoms with Crippen LogP contribution < -0.4 is 0 Å². The van der Waals surface area contributed by atoms with Gasteiger partial charge in [0.05, 0.1) is 0 Å². The fourth-order valence-electron chi connectivity index (χ4n) is 2.42. The molecule has 0 spiro atoms. The fraction of sp³-hybridized carbons (Fsp3) is 0.538. The van der Waals surface area contributed by atoms with Crippen molar-refractivity contribution in [1.29, 1.82) is 0 Å². The molecule has 0 aromatic carbocycles. The third-order valence-electron chi connectivity index (χ3n) is 3.33. The first-order valence-electron chi connectivity index (χ1n) is 6.04. The van der Waals surface area contributed by atoms with Gasteiger partial charge in [0.2, 0.25) is 0 Å². The summed E-state index contributed by atoms with van der Waals surface area (Å²) in [7, 11) is 1.88. The summed E-state index contributed by atoms with van der Waals surface area (Å²) in [5.74, 6) is 0.772. The van der Waals surface area contributed by atoms with E-state index in [1.165, 1.54) is 25.7 Å². The Hall–Kier alpha value is -0.900. The summed E-state index contributed by atoms with van der Waals surface area (Å²) >= 11 is 3.29. The lowest BCUT2D eigenvalue weighted by Crippen LogP contribution is -2.31. The van der Waals surface area contributed by atoms with Crippen LogP contribution in [0.15, 0.2) is 22.9 Å². The molecule has 0 bridgehead atoms. The molecule has 0 N–H and O–H groups in total. The highest BCUT2D eigenvalue weighted by Crippen LogP contribution is 2.25. The fourth-order valence-corrected chi connectivity index (χ4v) is 2.78. The van der Waals surface area contributed by atoms with Crippen molar-refractivity contribution in [2.24, 2.45) is 5.92 Å². The second kappa shape index (κ2) is 5.63. The molecule has 0 saturated heterocycles. The predicted octanol–water partition coefficient (Wildman–Crippen LogP) is 3.11. The number of hydrogen-bond donors (Lipinski definition) is 0. The van der Waals surface area contributed by atoms with E-state index in [2.05, 4.69) is 20.9 Å². The van der Waals surface area contributed by atoms with Crippen molar-refractivity contribution in [3.05, 3.63) is 28.5 Å². The van der Waals surface area contributed by atoms with Gasteiger partial charge in [0.15, 0.2) is 0 Å². The van der Waals surface area contributed by atoms with E-state index in [0.717, 1.165) is 6.54 Å². The van der Waals surface area contributed by atoms with Crippen LogP contribution in [0.3, 0.4) is 0 Å². The Labute approximate surface area is 110 Å². The first kappa shape index (κ1) is 12.6. The summed E-state index contributed by atoms with van der Waals surface area (Å²) in [6, 6.07) is 3.53. The third-order valence-corrected chi connectivity index (χ3v) is 3.76. The minimum absolute atomic E-state index is 0.0833. The number of amides is 1. The molecule has 1 saturated carbocycles. The van der Waals surface area contributed by atoms with Crippen LogP contribution in [-0.4, -0.2) is 29.4 Å². The van der Waals surface area contributed by atoms with Gasteiger partial charge in [0, 0.05) is 25.4 Å². The normalized spacial score (nSPS) is 16.1. The Morgan fingerprint density at radius 3 is 2.88 bits per heavy atom. The first-order chi connectivity index (χ1) is 8.16. The van der Waals surface area contributed by atoms with Gasteiger partial charge in [0.1, 0.15) is 4.60 Å². The van der Waals surface area contributed by atoms with E-state index in [1.807, 2.05) is 11.9 Å². The van der Waals surface area contributed by atoms with E-state index < -0.39 is 0 Å². The predicted molar refractivity (Wildman–Crippen MR) is 70.9 cm³/mol. The molecule has 1 aromatic rings. The monoisotopic (exact) mass is 296 g/mol. The summed E-state index contributed by atoms with van der Waals surface area (Å²) in [6.07, 6.45) is 6.80. The van der Waals surface area contributed by atoms with Gasteiger partial charge in [0.25, 0.3) is 5.91 Å². The maximum Gasteiger partial charge on any atom is 0.253 e. The molecular weight excluding hydrogens is 280 g/mol. The standard InChI is InChI=1S/C13H17BrN2O/c1-16(9-10-4-2-3-5-10)13(17)11-6-7-15-12(14)8-11/h6-8,10H,2-5,9H2,1H3. The Balaban J connectivity index is 1.98. The van der Waals surface area contributed by atoms with Crippen LogP contribution >= 0.6 is 15.9 Å². The van der Waals surface area contributed by atoms with E-state index in [9.17, 15) is 4.79 Å². The summed E-state index contributed by atoms with van der Waals surface area (Å²) in [5, 5.41) is 0. The number of carbonyl (C=O) groups is 1. The van der Waals surface area contributed by atoms with Crippen LogP contribution in [0.4, 0.5) is 0 Å². The lowest BCUT2D eigenvalue weighted by Gasteiger charge is -2.21. The number of aromatic nitrogens is 1. The van der Waals surface area contributed by atoms with Gasteiger partial charge < -0.3 is 4.90 Å². The van der Waals surface area contributed by atoms with Crippen molar-refractivity contribution in [3.63, 3.8) is 0 Å². The smallest absolute Gasteiger partial charge is 0.253 e. The molecule has 92 valence electrons. The molecule has 0 aliphatic heterocycles. The van der Waals surface area contributed by atoms with E-state index >= 15 is 0 Å². The number of rotatable bonds is 3. The van der Waals surface area contributed by atoms with Crippen LogP contribution in [0, 0.1) is 5.92 Å². The molecule has 0 unspecified atom stereocenters.